The number of hydrogen-bond acceptors (Lipinski definition) is 3. The lowest BCUT2D eigenvalue weighted by Crippen LogP contribution is -2.41. The van der Waals surface area contributed by atoms with Crippen molar-refractivity contribution in [1.29, 1.82) is 0 Å². The first kappa shape index (κ1) is 18.8. The van der Waals surface area contributed by atoms with E-state index in [9.17, 15) is 22.8 Å². The third-order valence-corrected chi connectivity index (χ3v) is 5.83. The van der Waals surface area contributed by atoms with E-state index in [1.807, 2.05) is 6.08 Å². The van der Waals surface area contributed by atoms with Crippen LogP contribution in [-0.2, 0) is 20.5 Å². The van der Waals surface area contributed by atoms with Gasteiger partial charge in [-0.3, -0.25) is 9.59 Å². The zero-order valence-electron chi connectivity index (χ0n) is 15.3. The summed E-state index contributed by atoms with van der Waals surface area (Å²) in [6.45, 7) is 2.59. The molecule has 5 nitrogen and oxygen atoms in total. The molecule has 28 heavy (non-hydrogen) atoms. The van der Waals surface area contributed by atoms with Gasteiger partial charge in [0.25, 0.3) is 5.91 Å². The number of carbonyl (C=O) groups is 2. The third kappa shape index (κ3) is 3.47. The molecule has 0 bridgehead atoms. The Morgan fingerprint density at radius 1 is 1.21 bits per heavy atom. The van der Waals surface area contributed by atoms with E-state index < -0.39 is 17.8 Å². The Morgan fingerprint density at radius 2 is 1.93 bits per heavy atom. The van der Waals surface area contributed by atoms with Crippen LogP contribution in [0, 0.1) is 24.7 Å². The summed E-state index contributed by atoms with van der Waals surface area (Å²) in [4.78, 5) is 26.8. The fourth-order valence-corrected chi connectivity index (χ4v) is 4.21. The molecule has 0 aromatic heterocycles. The number of nitrogens with one attached hydrogen (secondary N) is 1. The first-order chi connectivity index (χ1) is 13.3. The maximum Gasteiger partial charge on any atom is 0.416 e. The zero-order chi connectivity index (χ0) is 20.1. The van der Waals surface area contributed by atoms with Crippen molar-refractivity contribution in [3.8, 4) is 0 Å². The van der Waals surface area contributed by atoms with Crippen molar-refractivity contribution in [3.63, 3.8) is 0 Å². The summed E-state index contributed by atoms with van der Waals surface area (Å²) >= 11 is 0. The van der Waals surface area contributed by atoms with Crippen molar-refractivity contribution in [1.82, 2.24) is 4.90 Å². The SMILES string of the molecule is Cc1cc(C(F)(F)F)ccc1NC(=O)C1[C@@H]2CN(C(=O)[C@@H]3CCC=CO3)C[C@@H]12. The van der Waals surface area contributed by atoms with Gasteiger partial charge in [0, 0.05) is 24.7 Å². The number of anilines is 1. The molecule has 150 valence electrons. The second kappa shape index (κ2) is 6.83. The number of fused-ring (bicyclic) bond motifs is 1. The van der Waals surface area contributed by atoms with E-state index in [2.05, 4.69) is 5.32 Å². The number of benzene rings is 1. The highest BCUT2D eigenvalue weighted by Crippen LogP contribution is 2.52. The molecule has 3 atom stereocenters. The van der Waals surface area contributed by atoms with Crippen LogP contribution in [0.1, 0.15) is 24.0 Å². The number of alkyl halides is 3. The number of amides is 2. The molecular formula is C20H21F3N2O3. The van der Waals surface area contributed by atoms with Crippen molar-refractivity contribution >= 4 is 17.5 Å². The van der Waals surface area contributed by atoms with Crippen LogP contribution in [0.15, 0.2) is 30.5 Å². The Balaban J connectivity index is 1.33. The Hall–Kier alpha value is -2.51. The molecule has 2 amide bonds. The second-order valence-electron chi connectivity index (χ2n) is 7.69. The van der Waals surface area contributed by atoms with Crippen LogP contribution < -0.4 is 5.32 Å². The molecule has 1 aromatic carbocycles. The van der Waals surface area contributed by atoms with Crippen LogP contribution in [0.25, 0.3) is 0 Å². The normalized spacial score (nSPS) is 28.5. The molecule has 2 fully saturated rings. The minimum atomic E-state index is -4.41. The number of aryl methyl sites for hydroxylation is 1. The summed E-state index contributed by atoms with van der Waals surface area (Å²) in [5.74, 6) is -0.204. The predicted octanol–water partition coefficient (Wildman–Crippen LogP) is 3.35. The van der Waals surface area contributed by atoms with Gasteiger partial charge in [0.15, 0.2) is 6.10 Å². The second-order valence-corrected chi connectivity index (χ2v) is 7.69. The lowest BCUT2D eigenvalue weighted by molar-refractivity contribution is -0.141. The molecule has 4 rings (SSSR count). The van der Waals surface area contributed by atoms with Crippen LogP contribution >= 0.6 is 0 Å². The molecule has 0 spiro atoms. The maximum absolute atomic E-state index is 12.8. The van der Waals surface area contributed by atoms with Crippen molar-refractivity contribution < 1.29 is 27.5 Å². The fraction of sp³-hybridized carbons (Fsp3) is 0.500. The van der Waals surface area contributed by atoms with E-state index >= 15 is 0 Å². The largest absolute Gasteiger partial charge is 0.489 e. The smallest absolute Gasteiger partial charge is 0.416 e. The van der Waals surface area contributed by atoms with E-state index in [0.717, 1.165) is 18.6 Å². The zero-order valence-corrected chi connectivity index (χ0v) is 15.3. The van der Waals surface area contributed by atoms with Gasteiger partial charge in [-0.1, -0.05) is 0 Å². The average Bonchev–Trinajstić information content (AvgIpc) is 3.16. The number of rotatable bonds is 3. The van der Waals surface area contributed by atoms with Gasteiger partial charge in [0.2, 0.25) is 5.91 Å². The van der Waals surface area contributed by atoms with Gasteiger partial charge >= 0.3 is 6.18 Å². The maximum atomic E-state index is 12.8. The van der Waals surface area contributed by atoms with Crippen molar-refractivity contribution in [2.45, 2.75) is 32.0 Å². The summed E-state index contributed by atoms with van der Waals surface area (Å²) < 4.78 is 43.7. The first-order valence-electron chi connectivity index (χ1n) is 9.33. The summed E-state index contributed by atoms with van der Waals surface area (Å²) in [6, 6.07) is 3.29. The van der Waals surface area contributed by atoms with E-state index in [-0.39, 0.29) is 29.6 Å². The monoisotopic (exact) mass is 394 g/mol. The molecule has 2 heterocycles. The molecule has 0 radical (unpaired) electrons. The van der Waals surface area contributed by atoms with Gasteiger partial charge < -0.3 is 15.0 Å². The Labute approximate surface area is 160 Å². The topological polar surface area (TPSA) is 58.6 Å². The highest BCUT2D eigenvalue weighted by molar-refractivity contribution is 5.96. The molecule has 3 aliphatic rings. The summed E-state index contributed by atoms with van der Waals surface area (Å²) in [6.07, 6.45) is 0.0756. The standard InChI is InChI=1S/C20H21F3N2O3/c1-11-8-12(20(21,22)23)5-6-15(11)24-18(26)17-13-9-25(10-14(13)17)19(27)16-4-2-3-7-28-16/h3,5-8,13-14,16-17H,2,4,9-10H2,1H3,(H,24,26)/t13-,14-,16+/m1/s1. The summed E-state index contributed by atoms with van der Waals surface area (Å²) in [7, 11) is 0. The molecular weight excluding hydrogens is 373 g/mol. The van der Waals surface area contributed by atoms with Gasteiger partial charge in [-0.25, -0.2) is 0 Å². The molecule has 8 heteroatoms. The number of nitrogens with zero attached hydrogens (tertiary/aromatic N) is 1. The van der Waals surface area contributed by atoms with Gasteiger partial charge in [0.05, 0.1) is 11.8 Å². The van der Waals surface area contributed by atoms with E-state index in [4.69, 9.17) is 4.74 Å². The number of likely N-dealkylation sites (tertiary alicyclic amines) is 1. The number of hydrogen-bond donors (Lipinski definition) is 1. The highest BCUT2D eigenvalue weighted by Gasteiger charge is 2.60. The number of ether oxygens (including phenoxy) is 1. The average molecular weight is 394 g/mol. The van der Waals surface area contributed by atoms with Crippen LogP contribution in [0.3, 0.4) is 0 Å². The molecule has 1 saturated heterocycles. The fourth-order valence-electron chi connectivity index (χ4n) is 4.21. The number of halogens is 3. The van der Waals surface area contributed by atoms with Gasteiger partial charge in [-0.05, 0) is 61.4 Å². The van der Waals surface area contributed by atoms with E-state index in [0.29, 0.717) is 30.8 Å². The van der Waals surface area contributed by atoms with E-state index in [1.54, 1.807) is 11.2 Å². The quantitative estimate of drug-likeness (QED) is 0.856. The molecule has 1 N–H and O–H groups in total. The first-order valence-corrected chi connectivity index (χ1v) is 9.33. The van der Waals surface area contributed by atoms with E-state index in [1.165, 1.54) is 13.0 Å². The number of piperidine rings is 1. The predicted molar refractivity (Wildman–Crippen MR) is 95.1 cm³/mol. The number of carbonyl (C=O) groups excluding carboxylic acids is 2. The van der Waals surface area contributed by atoms with Crippen LogP contribution in [-0.4, -0.2) is 35.9 Å². The van der Waals surface area contributed by atoms with Gasteiger partial charge in [-0.15, -0.1) is 0 Å². The van der Waals surface area contributed by atoms with Crippen molar-refractivity contribution in [2.75, 3.05) is 18.4 Å². The Morgan fingerprint density at radius 3 is 2.50 bits per heavy atom. The molecule has 2 aliphatic heterocycles. The molecule has 1 aromatic rings. The van der Waals surface area contributed by atoms with Gasteiger partial charge in [0.1, 0.15) is 0 Å². The summed E-state index contributed by atoms with van der Waals surface area (Å²) in [5, 5.41) is 2.74. The highest BCUT2D eigenvalue weighted by atomic mass is 19.4. The van der Waals surface area contributed by atoms with Crippen molar-refractivity contribution in [3.05, 3.63) is 41.7 Å². The minimum Gasteiger partial charge on any atom is -0.489 e. The minimum absolute atomic E-state index is 0.0331. The molecule has 1 saturated carbocycles. The van der Waals surface area contributed by atoms with Crippen LogP contribution in [0.4, 0.5) is 18.9 Å². The van der Waals surface area contributed by atoms with Crippen molar-refractivity contribution in [2.24, 2.45) is 17.8 Å². The molecule has 1 aliphatic carbocycles. The van der Waals surface area contributed by atoms with Crippen LogP contribution in [0.2, 0.25) is 0 Å². The van der Waals surface area contributed by atoms with Gasteiger partial charge in [-0.2, -0.15) is 13.2 Å². The van der Waals surface area contributed by atoms with Crippen LogP contribution in [0.5, 0.6) is 0 Å². The number of allylic oxidation sites excluding steroid dienone is 1. The third-order valence-electron chi connectivity index (χ3n) is 5.83. The lowest BCUT2D eigenvalue weighted by Gasteiger charge is -2.26. The summed E-state index contributed by atoms with van der Waals surface area (Å²) in [5.41, 5.74) is 0.0202. The Kier molecular flexibility index (Phi) is 4.59. The Bertz CT molecular complexity index is 824. The molecule has 0 unspecified atom stereocenters. The lowest BCUT2D eigenvalue weighted by atomic mass is 10.1.